The standard InChI is InChI=1S/C15H21FN4O4S.ClH/c16-11-3-1-5-13(7-11)25(23,24)19-12-4-2-6-20(10-12)15(22)9-18-14(21)8-17;/h1,3,5,7,12,19H,2,4,6,8-10,17H2,(H,18,21);1H. The smallest absolute Gasteiger partial charge is 0.242 e. The van der Waals surface area contributed by atoms with Gasteiger partial charge in [-0.25, -0.2) is 17.5 Å². The number of benzene rings is 1. The van der Waals surface area contributed by atoms with Gasteiger partial charge in [-0.05, 0) is 31.0 Å². The van der Waals surface area contributed by atoms with E-state index in [-0.39, 0.29) is 42.8 Å². The van der Waals surface area contributed by atoms with Crippen LogP contribution in [0.4, 0.5) is 4.39 Å². The van der Waals surface area contributed by atoms with Gasteiger partial charge in [-0.3, -0.25) is 9.59 Å². The van der Waals surface area contributed by atoms with Gasteiger partial charge in [0.15, 0.2) is 0 Å². The van der Waals surface area contributed by atoms with Crippen LogP contribution in [0.1, 0.15) is 12.8 Å². The summed E-state index contributed by atoms with van der Waals surface area (Å²) in [5.74, 6) is -1.39. The van der Waals surface area contributed by atoms with Gasteiger partial charge in [0, 0.05) is 19.1 Å². The fraction of sp³-hybridized carbons (Fsp3) is 0.467. The van der Waals surface area contributed by atoms with Crippen LogP contribution in [0.25, 0.3) is 0 Å². The van der Waals surface area contributed by atoms with E-state index in [1.807, 2.05) is 0 Å². The predicted molar refractivity (Wildman–Crippen MR) is 95.6 cm³/mol. The van der Waals surface area contributed by atoms with Crippen LogP contribution in [0.15, 0.2) is 29.2 Å². The van der Waals surface area contributed by atoms with E-state index >= 15 is 0 Å². The number of amides is 2. The van der Waals surface area contributed by atoms with Crippen LogP contribution in [0.2, 0.25) is 0 Å². The van der Waals surface area contributed by atoms with Gasteiger partial charge >= 0.3 is 0 Å². The number of rotatable bonds is 6. The summed E-state index contributed by atoms with van der Waals surface area (Å²) in [6.07, 6.45) is 1.18. The summed E-state index contributed by atoms with van der Waals surface area (Å²) in [6.45, 7) is 0.282. The Kier molecular flexibility index (Phi) is 8.41. The van der Waals surface area contributed by atoms with Crippen molar-refractivity contribution < 1.29 is 22.4 Å². The van der Waals surface area contributed by atoms with Crippen LogP contribution in [-0.2, 0) is 19.6 Å². The number of piperidine rings is 1. The second-order valence-corrected chi connectivity index (χ2v) is 7.45. The second kappa shape index (κ2) is 9.81. The third-order valence-corrected chi connectivity index (χ3v) is 5.34. The molecule has 1 aliphatic rings. The van der Waals surface area contributed by atoms with Crippen molar-refractivity contribution in [3.8, 4) is 0 Å². The molecule has 1 aliphatic heterocycles. The Morgan fingerprint density at radius 1 is 1.35 bits per heavy atom. The lowest BCUT2D eigenvalue weighted by Crippen LogP contribution is -2.51. The van der Waals surface area contributed by atoms with E-state index in [0.29, 0.717) is 19.4 Å². The highest BCUT2D eigenvalue weighted by Crippen LogP contribution is 2.15. The maximum absolute atomic E-state index is 13.2. The first-order valence-corrected chi connectivity index (χ1v) is 9.32. The van der Waals surface area contributed by atoms with E-state index in [2.05, 4.69) is 10.0 Å². The minimum absolute atomic E-state index is 0. The Morgan fingerprint density at radius 2 is 2.08 bits per heavy atom. The molecular weight excluding hydrogens is 387 g/mol. The normalized spacial score (nSPS) is 17.3. The number of nitrogens with two attached hydrogens (primary N) is 1. The molecule has 1 aromatic rings. The van der Waals surface area contributed by atoms with Gasteiger partial charge in [0.2, 0.25) is 21.8 Å². The fourth-order valence-corrected chi connectivity index (χ4v) is 3.87. The molecule has 1 unspecified atom stereocenters. The van der Waals surface area contributed by atoms with Gasteiger partial charge in [0.25, 0.3) is 0 Å². The molecule has 2 rings (SSSR count). The van der Waals surface area contributed by atoms with Crippen LogP contribution in [0.5, 0.6) is 0 Å². The van der Waals surface area contributed by atoms with Crippen molar-refractivity contribution >= 4 is 34.2 Å². The zero-order valence-corrected chi connectivity index (χ0v) is 15.6. The predicted octanol–water partition coefficient (Wildman–Crippen LogP) is -0.408. The lowest BCUT2D eigenvalue weighted by atomic mass is 10.1. The number of sulfonamides is 1. The Morgan fingerprint density at radius 3 is 2.73 bits per heavy atom. The molecule has 11 heteroatoms. The highest BCUT2D eigenvalue weighted by Gasteiger charge is 2.27. The number of nitrogens with zero attached hydrogens (tertiary/aromatic N) is 1. The number of hydrogen-bond donors (Lipinski definition) is 3. The maximum Gasteiger partial charge on any atom is 0.242 e. The lowest BCUT2D eigenvalue weighted by molar-refractivity contribution is -0.133. The highest BCUT2D eigenvalue weighted by atomic mass is 35.5. The molecule has 0 bridgehead atoms. The molecule has 8 nitrogen and oxygen atoms in total. The number of hydrogen-bond acceptors (Lipinski definition) is 5. The van der Waals surface area contributed by atoms with Crippen molar-refractivity contribution in [1.29, 1.82) is 0 Å². The SMILES string of the molecule is Cl.NCC(=O)NCC(=O)N1CCCC(NS(=O)(=O)c2cccc(F)c2)C1. The van der Waals surface area contributed by atoms with E-state index in [9.17, 15) is 22.4 Å². The van der Waals surface area contributed by atoms with Gasteiger partial charge in [0.1, 0.15) is 5.82 Å². The van der Waals surface area contributed by atoms with Gasteiger partial charge in [-0.1, -0.05) is 6.07 Å². The van der Waals surface area contributed by atoms with Crippen molar-refractivity contribution in [2.75, 3.05) is 26.2 Å². The minimum Gasteiger partial charge on any atom is -0.346 e. The zero-order valence-electron chi connectivity index (χ0n) is 14.0. The third kappa shape index (κ3) is 6.20. The van der Waals surface area contributed by atoms with E-state index in [1.54, 1.807) is 0 Å². The average Bonchev–Trinajstić information content (AvgIpc) is 2.59. The largest absolute Gasteiger partial charge is 0.346 e. The lowest BCUT2D eigenvalue weighted by Gasteiger charge is -2.33. The Labute approximate surface area is 157 Å². The molecule has 146 valence electrons. The van der Waals surface area contributed by atoms with Gasteiger partial charge < -0.3 is 16.0 Å². The molecule has 1 atom stereocenters. The highest BCUT2D eigenvalue weighted by molar-refractivity contribution is 7.89. The quantitative estimate of drug-likeness (QED) is 0.590. The molecule has 0 saturated carbocycles. The van der Waals surface area contributed by atoms with Crippen LogP contribution in [0.3, 0.4) is 0 Å². The van der Waals surface area contributed by atoms with Gasteiger partial charge in [-0.15, -0.1) is 12.4 Å². The number of likely N-dealkylation sites (tertiary alicyclic amines) is 1. The number of carbonyl (C=O) groups excluding carboxylic acids is 2. The van der Waals surface area contributed by atoms with E-state index in [4.69, 9.17) is 5.73 Å². The molecule has 1 fully saturated rings. The molecule has 1 aromatic carbocycles. The summed E-state index contributed by atoms with van der Waals surface area (Å²) < 4.78 is 40.4. The first-order valence-electron chi connectivity index (χ1n) is 7.84. The Bertz CT molecular complexity index is 747. The fourth-order valence-electron chi connectivity index (χ4n) is 2.58. The first-order chi connectivity index (χ1) is 11.8. The molecule has 0 aromatic heterocycles. The summed E-state index contributed by atoms with van der Waals surface area (Å²) in [7, 11) is -3.88. The molecule has 0 radical (unpaired) electrons. The van der Waals surface area contributed by atoms with Crippen molar-refractivity contribution in [3.05, 3.63) is 30.1 Å². The number of halogens is 2. The Hall–Kier alpha value is -1.75. The number of nitrogens with one attached hydrogen (secondary N) is 2. The second-order valence-electron chi connectivity index (χ2n) is 5.74. The van der Waals surface area contributed by atoms with Crippen molar-refractivity contribution in [2.24, 2.45) is 5.73 Å². The summed E-state index contributed by atoms with van der Waals surface area (Å²) in [6, 6.07) is 4.25. The molecular formula is C15H22ClFN4O4S. The van der Waals surface area contributed by atoms with Crippen LogP contribution in [0, 0.1) is 5.82 Å². The zero-order chi connectivity index (χ0) is 18.4. The molecule has 0 aliphatic carbocycles. The Balaban J connectivity index is 0.00000338. The van der Waals surface area contributed by atoms with Crippen molar-refractivity contribution in [1.82, 2.24) is 14.9 Å². The molecule has 26 heavy (non-hydrogen) atoms. The van der Waals surface area contributed by atoms with E-state index in [1.165, 1.54) is 17.0 Å². The van der Waals surface area contributed by atoms with E-state index < -0.39 is 27.8 Å². The average molecular weight is 409 g/mol. The topological polar surface area (TPSA) is 122 Å². The summed E-state index contributed by atoms with van der Waals surface area (Å²) in [5, 5.41) is 2.39. The molecule has 2 amide bonds. The van der Waals surface area contributed by atoms with Crippen LogP contribution < -0.4 is 15.8 Å². The van der Waals surface area contributed by atoms with E-state index in [0.717, 1.165) is 12.1 Å². The van der Waals surface area contributed by atoms with Gasteiger partial charge in [-0.2, -0.15) is 0 Å². The van der Waals surface area contributed by atoms with Crippen molar-refractivity contribution in [2.45, 2.75) is 23.8 Å². The summed E-state index contributed by atoms with van der Waals surface area (Å²) in [5.41, 5.74) is 5.15. The van der Waals surface area contributed by atoms with Crippen molar-refractivity contribution in [3.63, 3.8) is 0 Å². The molecule has 4 N–H and O–H groups in total. The third-order valence-electron chi connectivity index (χ3n) is 3.82. The summed E-state index contributed by atoms with van der Waals surface area (Å²) in [4.78, 5) is 24.5. The summed E-state index contributed by atoms with van der Waals surface area (Å²) >= 11 is 0. The maximum atomic E-state index is 13.2. The molecule has 1 heterocycles. The molecule has 1 saturated heterocycles. The molecule has 0 spiro atoms. The minimum atomic E-state index is -3.88. The first kappa shape index (κ1) is 22.3. The number of carbonyl (C=O) groups is 2. The monoisotopic (exact) mass is 408 g/mol. The van der Waals surface area contributed by atoms with Crippen LogP contribution in [-0.4, -0.2) is 57.4 Å². The van der Waals surface area contributed by atoms with Crippen LogP contribution >= 0.6 is 12.4 Å². The van der Waals surface area contributed by atoms with Gasteiger partial charge in [0.05, 0.1) is 18.0 Å².